The van der Waals surface area contributed by atoms with Crippen LogP contribution in [0.25, 0.3) is 0 Å². The van der Waals surface area contributed by atoms with Crippen LogP contribution in [0, 0.1) is 6.92 Å². The van der Waals surface area contributed by atoms with E-state index in [4.69, 9.17) is 16.7 Å². The van der Waals surface area contributed by atoms with Gasteiger partial charge in [0.15, 0.2) is 0 Å². The van der Waals surface area contributed by atoms with Crippen molar-refractivity contribution >= 4 is 23.5 Å². The molecule has 0 saturated carbocycles. The number of halogens is 1. The van der Waals surface area contributed by atoms with Gasteiger partial charge in [-0.3, -0.25) is 9.59 Å². The SMILES string of the molecule is Cc1cc(C(=O)N(CC(=O)O)C(C)(C)C)ccc1Cl. The van der Waals surface area contributed by atoms with Gasteiger partial charge in [0.1, 0.15) is 6.54 Å². The molecule has 0 saturated heterocycles. The van der Waals surface area contributed by atoms with E-state index < -0.39 is 11.5 Å². The summed E-state index contributed by atoms with van der Waals surface area (Å²) < 4.78 is 0. The summed E-state index contributed by atoms with van der Waals surface area (Å²) in [6.45, 7) is 6.88. The van der Waals surface area contributed by atoms with Crippen LogP contribution < -0.4 is 0 Å². The molecule has 5 heteroatoms. The molecule has 19 heavy (non-hydrogen) atoms. The van der Waals surface area contributed by atoms with Crippen LogP contribution in [0.2, 0.25) is 5.02 Å². The molecule has 104 valence electrons. The van der Waals surface area contributed by atoms with Gasteiger partial charge in [-0.25, -0.2) is 0 Å². The smallest absolute Gasteiger partial charge is 0.323 e. The largest absolute Gasteiger partial charge is 0.480 e. The lowest BCUT2D eigenvalue weighted by atomic mass is 10.0. The third kappa shape index (κ3) is 3.96. The van der Waals surface area contributed by atoms with Gasteiger partial charge in [-0.05, 0) is 51.5 Å². The van der Waals surface area contributed by atoms with E-state index in [0.29, 0.717) is 10.6 Å². The van der Waals surface area contributed by atoms with Crippen molar-refractivity contribution in [2.24, 2.45) is 0 Å². The third-order valence-corrected chi connectivity index (χ3v) is 3.18. The van der Waals surface area contributed by atoms with Crippen molar-refractivity contribution in [3.63, 3.8) is 0 Å². The van der Waals surface area contributed by atoms with Crippen LogP contribution in [0.5, 0.6) is 0 Å². The Morgan fingerprint density at radius 3 is 2.32 bits per heavy atom. The number of aryl methyl sites for hydroxylation is 1. The predicted octanol–water partition coefficient (Wildman–Crippen LogP) is 2.97. The molecule has 0 spiro atoms. The number of aliphatic carboxylic acids is 1. The zero-order valence-electron chi connectivity index (χ0n) is 11.5. The van der Waals surface area contributed by atoms with Crippen molar-refractivity contribution in [1.29, 1.82) is 0 Å². The van der Waals surface area contributed by atoms with Gasteiger partial charge in [0, 0.05) is 16.1 Å². The van der Waals surface area contributed by atoms with Gasteiger partial charge in [-0.2, -0.15) is 0 Å². The summed E-state index contributed by atoms with van der Waals surface area (Å²) in [7, 11) is 0. The standard InChI is InChI=1S/C14H18ClNO3/c1-9-7-10(5-6-11(9)15)13(19)16(8-12(17)18)14(2,3)4/h5-7H,8H2,1-4H3,(H,17,18). The highest BCUT2D eigenvalue weighted by atomic mass is 35.5. The number of rotatable bonds is 3. The number of carboxylic acids is 1. The van der Waals surface area contributed by atoms with Crippen LogP contribution in [0.4, 0.5) is 0 Å². The summed E-state index contributed by atoms with van der Waals surface area (Å²) >= 11 is 5.92. The van der Waals surface area contributed by atoms with Crippen LogP contribution in [-0.2, 0) is 4.79 Å². The van der Waals surface area contributed by atoms with Crippen molar-refractivity contribution in [1.82, 2.24) is 4.90 Å². The monoisotopic (exact) mass is 283 g/mol. The maximum absolute atomic E-state index is 12.4. The first-order valence-corrected chi connectivity index (χ1v) is 6.30. The third-order valence-electron chi connectivity index (χ3n) is 2.75. The van der Waals surface area contributed by atoms with Crippen molar-refractivity contribution in [3.8, 4) is 0 Å². The predicted molar refractivity (Wildman–Crippen MR) is 74.6 cm³/mol. The quantitative estimate of drug-likeness (QED) is 0.928. The lowest BCUT2D eigenvalue weighted by molar-refractivity contribution is -0.138. The van der Waals surface area contributed by atoms with Gasteiger partial charge in [0.25, 0.3) is 5.91 Å². The Kier molecular flexibility index (Phi) is 4.58. The first-order chi connectivity index (χ1) is 8.62. The van der Waals surface area contributed by atoms with Gasteiger partial charge in [-0.1, -0.05) is 11.6 Å². The number of nitrogens with zero attached hydrogens (tertiary/aromatic N) is 1. The second-order valence-corrected chi connectivity index (χ2v) is 5.83. The summed E-state index contributed by atoms with van der Waals surface area (Å²) in [6.07, 6.45) is 0. The van der Waals surface area contributed by atoms with E-state index in [1.54, 1.807) is 45.9 Å². The Hall–Kier alpha value is -1.55. The summed E-state index contributed by atoms with van der Waals surface area (Å²) in [6, 6.07) is 4.93. The highest BCUT2D eigenvalue weighted by molar-refractivity contribution is 6.31. The average molecular weight is 284 g/mol. The van der Waals surface area contributed by atoms with Crippen LogP contribution in [0.1, 0.15) is 36.7 Å². The van der Waals surface area contributed by atoms with E-state index in [1.807, 2.05) is 0 Å². The molecule has 1 N–H and O–H groups in total. The van der Waals surface area contributed by atoms with Crippen molar-refractivity contribution in [2.75, 3.05) is 6.54 Å². The van der Waals surface area contributed by atoms with Crippen LogP contribution in [0.3, 0.4) is 0 Å². The Labute approximate surface area is 118 Å². The number of benzene rings is 1. The minimum atomic E-state index is -1.03. The summed E-state index contributed by atoms with van der Waals surface area (Å²) in [5.41, 5.74) is 0.665. The summed E-state index contributed by atoms with van der Waals surface area (Å²) in [5.74, 6) is -1.34. The molecule has 0 aliphatic heterocycles. The molecule has 0 radical (unpaired) electrons. The van der Waals surface area contributed by atoms with E-state index in [1.165, 1.54) is 4.90 Å². The number of carbonyl (C=O) groups excluding carboxylic acids is 1. The molecular formula is C14H18ClNO3. The molecule has 0 aromatic heterocycles. The van der Waals surface area contributed by atoms with E-state index in [0.717, 1.165) is 5.56 Å². The van der Waals surface area contributed by atoms with E-state index in [2.05, 4.69) is 0 Å². The fourth-order valence-electron chi connectivity index (χ4n) is 1.68. The highest BCUT2D eigenvalue weighted by Crippen LogP contribution is 2.21. The number of hydrogen-bond donors (Lipinski definition) is 1. The molecule has 1 rings (SSSR count). The van der Waals surface area contributed by atoms with Crippen molar-refractivity contribution in [3.05, 3.63) is 34.3 Å². The maximum atomic E-state index is 12.4. The van der Waals surface area contributed by atoms with Crippen LogP contribution >= 0.6 is 11.6 Å². The molecule has 1 amide bonds. The first-order valence-electron chi connectivity index (χ1n) is 5.93. The number of amides is 1. The molecule has 0 unspecified atom stereocenters. The second kappa shape index (κ2) is 5.61. The number of hydrogen-bond acceptors (Lipinski definition) is 2. The Morgan fingerprint density at radius 1 is 1.32 bits per heavy atom. The van der Waals surface area contributed by atoms with Crippen LogP contribution in [-0.4, -0.2) is 34.0 Å². The lowest BCUT2D eigenvalue weighted by Crippen LogP contribution is -2.48. The fourth-order valence-corrected chi connectivity index (χ4v) is 1.80. The lowest BCUT2D eigenvalue weighted by Gasteiger charge is -2.34. The van der Waals surface area contributed by atoms with E-state index in [-0.39, 0.29) is 12.5 Å². The topological polar surface area (TPSA) is 57.6 Å². The molecule has 4 nitrogen and oxygen atoms in total. The fraction of sp³-hybridized carbons (Fsp3) is 0.429. The molecular weight excluding hydrogens is 266 g/mol. The normalized spacial score (nSPS) is 11.2. The zero-order chi connectivity index (χ0) is 14.8. The van der Waals surface area contributed by atoms with Gasteiger partial charge < -0.3 is 10.0 Å². The van der Waals surface area contributed by atoms with E-state index >= 15 is 0 Å². The van der Waals surface area contributed by atoms with Crippen LogP contribution in [0.15, 0.2) is 18.2 Å². The second-order valence-electron chi connectivity index (χ2n) is 5.42. The molecule has 0 aliphatic rings. The highest BCUT2D eigenvalue weighted by Gasteiger charge is 2.29. The molecule has 0 aliphatic carbocycles. The van der Waals surface area contributed by atoms with Crippen molar-refractivity contribution < 1.29 is 14.7 Å². The minimum absolute atomic E-state index is 0.310. The molecule has 0 atom stereocenters. The maximum Gasteiger partial charge on any atom is 0.323 e. The molecule has 1 aromatic rings. The number of carboxylic acid groups (broad SMARTS) is 1. The zero-order valence-corrected chi connectivity index (χ0v) is 12.3. The van der Waals surface area contributed by atoms with E-state index in [9.17, 15) is 9.59 Å². The van der Waals surface area contributed by atoms with Gasteiger partial charge >= 0.3 is 5.97 Å². The summed E-state index contributed by atoms with van der Waals surface area (Å²) in [4.78, 5) is 24.6. The Balaban J connectivity index is 3.12. The molecule has 1 aromatic carbocycles. The van der Waals surface area contributed by atoms with Crippen molar-refractivity contribution in [2.45, 2.75) is 33.2 Å². The molecule has 0 fully saturated rings. The molecule has 0 heterocycles. The van der Waals surface area contributed by atoms with Gasteiger partial charge in [0.05, 0.1) is 0 Å². The van der Waals surface area contributed by atoms with Gasteiger partial charge in [0.2, 0.25) is 0 Å². The van der Waals surface area contributed by atoms with Gasteiger partial charge in [-0.15, -0.1) is 0 Å². The Morgan fingerprint density at radius 2 is 1.89 bits per heavy atom. The first kappa shape index (κ1) is 15.5. The number of carbonyl (C=O) groups is 2. The minimum Gasteiger partial charge on any atom is -0.480 e. The Bertz CT molecular complexity index is 506. The summed E-state index contributed by atoms with van der Waals surface area (Å²) in [5, 5.41) is 9.51. The average Bonchev–Trinajstić information content (AvgIpc) is 2.27. The molecule has 0 bridgehead atoms.